The van der Waals surface area contributed by atoms with Crippen LogP contribution in [0.1, 0.15) is 43.7 Å². The third-order valence-corrected chi connectivity index (χ3v) is 5.18. The first-order chi connectivity index (χ1) is 13.0. The second-order valence-electron chi connectivity index (χ2n) is 7.18. The Morgan fingerprint density at radius 2 is 1.63 bits per heavy atom. The number of nitrogens with one attached hydrogen (secondary N) is 3. The van der Waals surface area contributed by atoms with E-state index < -0.39 is 5.41 Å². The van der Waals surface area contributed by atoms with Crippen LogP contribution in [0.25, 0.3) is 0 Å². The molecular formula is C22H27N3O2. The number of carbonyl (C=O) groups is 2. The Morgan fingerprint density at radius 1 is 0.963 bits per heavy atom. The summed E-state index contributed by atoms with van der Waals surface area (Å²) in [6.45, 7) is 4.48. The standard InChI is InChI=1S/C22H27N3O2/c1-3-23-21(27)25-19-11-7-10-18(15-19)24-20(26)22(12-4-5-13-22)17-9-6-8-16(2)14-17/h6-11,14-15H,3-5,12-13H2,1-2H3,(H,24,26)(H2,23,25,27). The van der Waals surface area contributed by atoms with Crippen LogP contribution in [0.3, 0.4) is 0 Å². The molecule has 1 fully saturated rings. The van der Waals surface area contributed by atoms with Gasteiger partial charge in [-0.05, 0) is 50.5 Å². The highest BCUT2D eigenvalue weighted by Crippen LogP contribution is 2.42. The van der Waals surface area contributed by atoms with Gasteiger partial charge in [-0.3, -0.25) is 4.79 Å². The minimum atomic E-state index is -0.477. The van der Waals surface area contributed by atoms with E-state index in [9.17, 15) is 9.59 Å². The molecule has 142 valence electrons. The van der Waals surface area contributed by atoms with Crippen molar-refractivity contribution in [3.63, 3.8) is 0 Å². The molecule has 3 rings (SSSR count). The van der Waals surface area contributed by atoms with Crippen molar-refractivity contribution in [2.24, 2.45) is 0 Å². The lowest BCUT2D eigenvalue weighted by molar-refractivity contribution is -0.121. The van der Waals surface area contributed by atoms with Crippen LogP contribution in [0.5, 0.6) is 0 Å². The highest BCUT2D eigenvalue weighted by Gasteiger charge is 2.42. The lowest BCUT2D eigenvalue weighted by Gasteiger charge is -2.28. The van der Waals surface area contributed by atoms with Gasteiger partial charge in [0.15, 0.2) is 0 Å². The zero-order valence-electron chi connectivity index (χ0n) is 16.0. The van der Waals surface area contributed by atoms with Gasteiger partial charge in [-0.1, -0.05) is 48.7 Å². The van der Waals surface area contributed by atoms with E-state index in [1.807, 2.05) is 25.1 Å². The molecule has 1 saturated carbocycles. The summed E-state index contributed by atoms with van der Waals surface area (Å²) < 4.78 is 0. The van der Waals surface area contributed by atoms with Crippen LogP contribution in [-0.2, 0) is 10.2 Å². The van der Waals surface area contributed by atoms with E-state index in [4.69, 9.17) is 0 Å². The molecule has 3 N–H and O–H groups in total. The molecule has 1 aliphatic carbocycles. The van der Waals surface area contributed by atoms with Crippen molar-refractivity contribution in [3.05, 3.63) is 59.7 Å². The summed E-state index contributed by atoms with van der Waals surface area (Å²) >= 11 is 0. The number of benzene rings is 2. The van der Waals surface area contributed by atoms with Crippen molar-refractivity contribution in [1.29, 1.82) is 0 Å². The Labute approximate surface area is 160 Å². The Hall–Kier alpha value is -2.82. The van der Waals surface area contributed by atoms with Crippen molar-refractivity contribution >= 4 is 23.3 Å². The van der Waals surface area contributed by atoms with E-state index >= 15 is 0 Å². The molecule has 0 radical (unpaired) electrons. The monoisotopic (exact) mass is 365 g/mol. The molecule has 2 aromatic carbocycles. The first-order valence-electron chi connectivity index (χ1n) is 9.57. The molecule has 5 nitrogen and oxygen atoms in total. The number of carbonyl (C=O) groups excluding carboxylic acids is 2. The SMILES string of the molecule is CCNC(=O)Nc1cccc(NC(=O)C2(c3cccc(C)c3)CCCC2)c1. The topological polar surface area (TPSA) is 70.2 Å². The molecule has 1 aliphatic rings. The molecule has 0 aromatic heterocycles. The normalized spacial score (nSPS) is 15.2. The van der Waals surface area contributed by atoms with Gasteiger partial charge in [-0.15, -0.1) is 0 Å². The summed E-state index contributed by atoms with van der Waals surface area (Å²) in [6, 6.07) is 15.3. The van der Waals surface area contributed by atoms with Crippen LogP contribution < -0.4 is 16.0 Å². The summed E-state index contributed by atoms with van der Waals surface area (Å²) in [5.41, 5.74) is 3.12. The molecule has 0 atom stereocenters. The van der Waals surface area contributed by atoms with Gasteiger partial charge in [0, 0.05) is 17.9 Å². The molecule has 5 heteroatoms. The van der Waals surface area contributed by atoms with E-state index in [1.54, 1.807) is 12.1 Å². The van der Waals surface area contributed by atoms with Gasteiger partial charge < -0.3 is 16.0 Å². The van der Waals surface area contributed by atoms with E-state index in [2.05, 4.69) is 41.1 Å². The first kappa shape index (κ1) is 19.0. The number of anilines is 2. The fraction of sp³-hybridized carbons (Fsp3) is 0.364. The third-order valence-electron chi connectivity index (χ3n) is 5.18. The number of hydrogen-bond acceptors (Lipinski definition) is 2. The molecule has 0 aliphatic heterocycles. The van der Waals surface area contributed by atoms with Crippen molar-refractivity contribution in [2.75, 3.05) is 17.2 Å². The highest BCUT2D eigenvalue weighted by atomic mass is 16.2. The lowest BCUT2D eigenvalue weighted by Crippen LogP contribution is -2.38. The van der Waals surface area contributed by atoms with Gasteiger partial charge in [0.05, 0.1) is 5.41 Å². The molecule has 3 amide bonds. The molecule has 0 heterocycles. The Bertz CT molecular complexity index is 826. The molecule has 0 unspecified atom stereocenters. The molecule has 0 spiro atoms. The number of urea groups is 1. The predicted octanol–water partition coefficient (Wildman–Crippen LogP) is 4.59. The summed E-state index contributed by atoms with van der Waals surface area (Å²) in [6.07, 6.45) is 3.83. The zero-order chi connectivity index (χ0) is 19.3. The molecule has 0 bridgehead atoms. The number of amides is 3. The van der Waals surface area contributed by atoms with Crippen molar-refractivity contribution < 1.29 is 9.59 Å². The van der Waals surface area contributed by atoms with Gasteiger partial charge in [0.25, 0.3) is 0 Å². The maximum atomic E-state index is 13.3. The molecule has 0 saturated heterocycles. The first-order valence-corrected chi connectivity index (χ1v) is 9.57. The maximum absolute atomic E-state index is 13.3. The van der Waals surface area contributed by atoms with Crippen molar-refractivity contribution in [1.82, 2.24) is 5.32 Å². The van der Waals surface area contributed by atoms with E-state index in [0.29, 0.717) is 17.9 Å². The zero-order valence-corrected chi connectivity index (χ0v) is 16.0. The number of hydrogen-bond donors (Lipinski definition) is 3. The van der Waals surface area contributed by atoms with Gasteiger partial charge in [-0.25, -0.2) is 4.79 Å². The van der Waals surface area contributed by atoms with Crippen LogP contribution in [0.15, 0.2) is 48.5 Å². The van der Waals surface area contributed by atoms with Crippen molar-refractivity contribution in [3.8, 4) is 0 Å². The highest BCUT2D eigenvalue weighted by molar-refractivity contribution is 6.00. The fourth-order valence-electron chi connectivity index (χ4n) is 3.83. The molecule has 27 heavy (non-hydrogen) atoms. The summed E-state index contributed by atoms with van der Waals surface area (Å²) in [4.78, 5) is 25.0. The van der Waals surface area contributed by atoms with Gasteiger partial charge in [0.2, 0.25) is 5.91 Å². The van der Waals surface area contributed by atoms with Crippen molar-refractivity contribution in [2.45, 2.75) is 44.9 Å². The summed E-state index contributed by atoms with van der Waals surface area (Å²) in [7, 11) is 0. The minimum absolute atomic E-state index is 0.0285. The Morgan fingerprint density at radius 3 is 2.30 bits per heavy atom. The number of aryl methyl sites for hydroxylation is 1. The van der Waals surface area contributed by atoms with E-state index in [1.165, 1.54) is 5.56 Å². The van der Waals surface area contributed by atoms with Gasteiger partial charge in [0.1, 0.15) is 0 Å². The predicted molar refractivity (Wildman–Crippen MR) is 109 cm³/mol. The Balaban J connectivity index is 1.80. The Kier molecular flexibility index (Phi) is 5.79. The van der Waals surface area contributed by atoms with Gasteiger partial charge in [-0.2, -0.15) is 0 Å². The largest absolute Gasteiger partial charge is 0.338 e. The summed E-state index contributed by atoms with van der Waals surface area (Å²) in [5, 5.41) is 8.55. The van der Waals surface area contributed by atoms with Crippen LogP contribution in [0.2, 0.25) is 0 Å². The number of rotatable bonds is 5. The van der Waals surface area contributed by atoms with E-state index in [-0.39, 0.29) is 11.9 Å². The molecule has 2 aromatic rings. The van der Waals surface area contributed by atoms with Gasteiger partial charge >= 0.3 is 6.03 Å². The fourth-order valence-corrected chi connectivity index (χ4v) is 3.83. The smallest absolute Gasteiger partial charge is 0.319 e. The maximum Gasteiger partial charge on any atom is 0.319 e. The van der Waals surface area contributed by atoms with E-state index in [0.717, 1.165) is 31.2 Å². The second kappa shape index (κ2) is 8.25. The van der Waals surface area contributed by atoms with Crippen LogP contribution in [0, 0.1) is 6.92 Å². The van der Waals surface area contributed by atoms with Crippen LogP contribution in [0.4, 0.5) is 16.2 Å². The average Bonchev–Trinajstić information content (AvgIpc) is 3.13. The van der Waals surface area contributed by atoms with Crippen LogP contribution >= 0.6 is 0 Å². The molecular weight excluding hydrogens is 338 g/mol. The summed E-state index contributed by atoms with van der Waals surface area (Å²) in [5.74, 6) is 0.0285. The average molecular weight is 365 g/mol. The minimum Gasteiger partial charge on any atom is -0.338 e. The van der Waals surface area contributed by atoms with Crippen LogP contribution in [-0.4, -0.2) is 18.5 Å². The quantitative estimate of drug-likeness (QED) is 0.725. The lowest BCUT2D eigenvalue weighted by atomic mass is 9.77. The third kappa shape index (κ3) is 4.30. The second-order valence-corrected chi connectivity index (χ2v) is 7.18.